The number of esters is 1. The van der Waals surface area contributed by atoms with E-state index >= 15 is 0 Å². The summed E-state index contributed by atoms with van der Waals surface area (Å²) in [5.41, 5.74) is 0.411. The molecule has 1 atom stereocenters. The molecule has 0 saturated carbocycles. The van der Waals surface area contributed by atoms with E-state index in [-0.39, 0.29) is 48.0 Å². The van der Waals surface area contributed by atoms with E-state index in [4.69, 9.17) is 37.9 Å². The monoisotopic (exact) mass is 547 g/mol. The van der Waals surface area contributed by atoms with Gasteiger partial charge in [-0.05, 0) is 34.5 Å². The lowest BCUT2D eigenvalue weighted by molar-refractivity contribution is -0.142. The SMILES string of the molecule is COCOc1cc(N=O)c(OCOC)c(CC(C)OC(=O)/C(Br)=C\CCC2OCCO2)c1OC. The van der Waals surface area contributed by atoms with Crippen LogP contribution < -0.4 is 14.2 Å². The van der Waals surface area contributed by atoms with Crippen LogP contribution >= 0.6 is 15.9 Å². The summed E-state index contributed by atoms with van der Waals surface area (Å²) >= 11 is 3.26. The summed E-state index contributed by atoms with van der Waals surface area (Å²) in [4.78, 5) is 24.0. The summed E-state index contributed by atoms with van der Waals surface area (Å²) < 4.78 is 43.2. The summed E-state index contributed by atoms with van der Waals surface area (Å²) in [7, 11) is 4.35. The molecule has 2 rings (SSSR count). The van der Waals surface area contributed by atoms with E-state index in [0.29, 0.717) is 37.4 Å². The first-order chi connectivity index (χ1) is 16.4. The summed E-state index contributed by atoms with van der Waals surface area (Å²) in [6.07, 6.45) is 2.19. The zero-order chi connectivity index (χ0) is 24.9. The average molecular weight is 548 g/mol. The van der Waals surface area contributed by atoms with Gasteiger partial charge in [0.05, 0.1) is 24.8 Å². The van der Waals surface area contributed by atoms with Crippen LogP contribution in [0.3, 0.4) is 0 Å². The van der Waals surface area contributed by atoms with Crippen molar-refractivity contribution in [3.8, 4) is 17.2 Å². The van der Waals surface area contributed by atoms with Gasteiger partial charge < -0.3 is 37.9 Å². The molecule has 12 heteroatoms. The molecule has 1 unspecified atom stereocenters. The minimum Gasteiger partial charge on any atom is -0.492 e. The van der Waals surface area contributed by atoms with Gasteiger partial charge in [0.2, 0.25) is 0 Å². The van der Waals surface area contributed by atoms with Crippen molar-refractivity contribution in [3.63, 3.8) is 0 Å². The number of hydrogen-bond acceptors (Lipinski definition) is 11. The highest BCUT2D eigenvalue weighted by Gasteiger charge is 2.25. The second-order valence-corrected chi connectivity index (χ2v) is 8.00. The van der Waals surface area contributed by atoms with Crippen LogP contribution in [0.5, 0.6) is 17.2 Å². The highest BCUT2D eigenvalue weighted by Crippen LogP contribution is 2.45. The van der Waals surface area contributed by atoms with E-state index in [1.165, 1.54) is 27.4 Å². The van der Waals surface area contributed by atoms with E-state index in [1.807, 2.05) is 0 Å². The van der Waals surface area contributed by atoms with Crippen LogP contribution in [-0.2, 0) is 34.9 Å². The normalized spacial score (nSPS) is 15.1. The van der Waals surface area contributed by atoms with Gasteiger partial charge in [-0.2, -0.15) is 0 Å². The average Bonchev–Trinajstić information content (AvgIpc) is 3.34. The quantitative estimate of drug-likeness (QED) is 0.138. The van der Waals surface area contributed by atoms with Gasteiger partial charge in [0.25, 0.3) is 0 Å². The maximum Gasteiger partial charge on any atom is 0.345 e. The van der Waals surface area contributed by atoms with Gasteiger partial charge in [0.15, 0.2) is 42.8 Å². The summed E-state index contributed by atoms with van der Waals surface area (Å²) in [5, 5.41) is 3.04. The van der Waals surface area contributed by atoms with Crippen LogP contribution in [0.15, 0.2) is 21.8 Å². The van der Waals surface area contributed by atoms with Gasteiger partial charge in [-0.1, -0.05) is 6.08 Å². The largest absolute Gasteiger partial charge is 0.492 e. The third-order valence-electron chi connectivity index (χ3n) is 4.64. The minimum absolute atomic E-state index is 0.0186. The molecule has 1 aliphatic rings. The Morgan fingerprint density at radius 2 is 1.85 bits per heavy atom. The Labute approximate surface area is 206 Å². The van der Waals surface area contributed by atoms with Gasteiger partial charge in [0.1, 0.15) is 6.10 Å². The molecule has 0 aliphatic carbocycles. The molecule has 1 aromatic rings. The first-order valence-corrected chi connectivity index (χ1v) is 11.3. The van der Waals surface area contributed by atoms with E-state index in [0.717, 1.165) is 0 Å². The molecule has 1 aliphatic heterocycles. The zero-order valence-electron chi connectivity index (χ0n) is 19.7. The van der Waals surface area contributed by atoms with Gasteiger partial charge in [-0.3, -0.25) is 0 Å². The second kappa shape index (κ2) is 14.9. The number of benzene rings is 1. The fourth-order valence-corrected chi connectivity index (χ4v) is 3.54. The van der Waals surface area contributed by atoms with Crippen molar-refractivity contribution < 1.29 is 42.7 Å². The maximum absolute atomic E-state index is 12.5. The number of methoxy groups -OCH3 is 3. The lowest BCUT2D eigenvalue weighted by atomic mass is 10.0. The number of allylic oxidation sites excluding steroid dienone is 1. The highest BCUT2D eigenvalue weighted by atomic mass is 79.9. The third kappa shape index (κ3) is 8.20. The fourth-order valence-electron chi connectivity index (χ4n) is 3.22. The molecule has 0 N–H and O–H groups in total. The number of halogens is 1. The summed E-state index contributed by atoms with van der Waals surface area (Å²) in [5.74, 6) is 0.131. The molecule has 190 valence electrons. The topological polar surface area (TPSA) is 120 Å². The van der Waals surface area contributed by atoms with Crippen LogP contribution in [0, 0.1) is 4.91 Å². The van der Waals surface area contributed by atoms with E-state index in [2.05, 4.69) is 21.1 Å². The predicted octanol–water partition coefficient (Wildman–Crippen LogP) is 3.96. The van der Waals surface area contributed by atoms with Gasteiger partial charge in [0, 0.05) is 38.7 Å². The van der Waals surface area contributed by atoms with Crippen molar-refractivity contribution in [2.24, 2.45) is 5.18 Å². The molecular formula is C22H30BrNO10. The number of carbonyl (C=O) groups is 1. The van der Waals surface area contributed by atoms with Gasteiger partial charge in [-0.25, -0.2) is 4.79 Å². The van der Waals surface area contributed by atoms with E-state index in [1.54, 1.807) is 13.0 Å². The number of nitroso groups, excluding NO2 is 1. The Morgan fingerprint density at radius 3 is 2.47 bits per heavy atom. The van der Waals surface area contributed by atoms with Gasteiger partial charge in [-0.15, -0.1) is 4.91 Å². The Balaban J connectivity index is 2.17. The van der Waals surface area contributed by atoms with Crippen molar-refractivity contribution in [1.29, 1.82) is 0 Å². The smallest absolute Gasteiger partial charge is 0.345 e. The van der Waals surface area contributed by atoms with Crippen molar-refractivity contribution in [1.82, 2.24) is 0 Å². The lowest BCUT2D eigenvalue weighted by Crippen LogP contribution is -2.19. The van der Waals surface area contributed by atoms with Crippen LogP contribution in [0.4, 0.5) is 5.69 Å². The first-order valence-electron chi connectivity index (χ1n) is 10.6. The highest BCUT2D eigenvalue weighted by molar-refractivity contribution is 9.12. The number of ether oxygens (including phenoxy) is 8. The molecule has 0 radical (unpaired) electrons. The third-order valence-corrected chi connectivity index (χ3v) is 5.29. The number of rotatable bonds is 15. The number of nitrogens with zero attached hydrogens (tertiary/aromatic N) is 1. The van der Waals surface area contributed by atoms with Gasteiger partial charge >= 0.3 is 5.97 Å². The van der Waals surface area contributed by atoms with Crippen molar-refractivity contribution in [3.05, 3.63) is 27.1 Å². The zero-order valence-corrected chi connectivity index (χ0v) is 21.3. The Bertz CT molecular complexity index is 841. The number of carbonyl (C=O) groups excluding carboxylic acids is 1. The molecule has 0 amide bonds. The van der Waals surface area contributed by atoms with Crippen LogP contribution in [0.25, 0.3) is 0 Å². The van der Waals surface area contributed by atoms with Crippen molar-refractivity contribution in [2.45, 2.75) is 38.6 Å². The minimum atomic E-state index is -0.620. The lowest BCUT2D eigenvalue weighted by Gasteiger charge is -2.21. The van der Waals surface area contributed by atoms with E-state index in [9.17, 15) is 9.70 Å². The molecule has 1 fully saturated rings. The molecule has 0 aromatic heterocycles. The molecule has 1 heterocycles. The predicted molar refractivity (Wildman–Crippen MR) is 125 cm³/mol. The molecular weight excluding hydrogens is 518 g/mol. The number of hydrogen-bond donors (Lipinski definition) is 0. The first kappa shape index (κ1) is 28.0. The summed E-state index contributed by atoms with van der Waals surface area (Å²) in [6, 6.07) is 1.38. The molecule has 11 nitrogen and oxygen atoms in total. The Morgan fingerprint density at radius 1 is 1.18 bits per heavy atom. The van der Waals surface area contributed by atoms with Crippen molar-refractivity contribution in [2.75, 3.05) is 48.1 Å². The molecule has 34 heavy (non-hydrogen) atoms. The molecule has 1 saturated heterocycles. The Hall–Kier alpha value is -2.25. The van der Waals surface area contributed by atoms with Crippen LogP contribution in [0.1, 0.15) is 25.3 Å². The maximum atomic E-state index is 12.5. The standard InChI is InChI=1S/C22H30BrNO10/c1-14(34-22(25)16(23)6-5-7-19-30-8-9-31-19)10-15-20(33-13-28-3)17(24-26)11-18(21(15)29-4)32-12-27-2/h6,11,14,19H,5,7-10,12-13H2,1-4H3/b16-6+. The Kier molecular flexibility index (Phi) is 12.3. The van der Waals surface area contributed by atoms with E-state index < -0.39 is 12.1 Å². The second-order valence-electron chi connectivity index (χ2n) is 7.15. The fraction of sp³-hybridized carbons (Fsp3) is 0.591. The van der Waals surface area contributed by atoms with Crippen LogP contribution in [0.2, 0.25) is 0 Å². The van der Waals surface area contributed by atoms with Crippen molar-refractivity contribution >= 4 is 27.6 Å². The molecule has 0 spiro atoms. The summed E-state index contributed by atoms with van der Waals surface area (Å²) in [6.45, 7) is 2.65. The molecule has 0 bridgehead atoms. The van der Waals surface area contributed by atoms with Crippen LogP contribution in [-0.4, -0.2) is 66.5 Å². The molecule has 1 aromatic carbocycles.